The van der Waals surface area contributed by atoms with Crippen molar-refractivity contribution in [1.82, 2.24) is 10.6 Å². The summed E-state index contributed by atoms with van der Waals surface area (Å²) in [5.41, 5.74) is -0.415. The molecule has 0 fully saturated rings. The summed E-state index contributed by atoms with van der Waals surface area (Å²) in [4.78, 5) is 23.9. The van der Waals surface area contributed by atoms with Gasteiger partial charge in [0.15, 0.2) is 0 Å². The smallest absolute Gasteiger partial charge is 0.225 e. The van der Waals surface area contributed by atoms with Gasteiger partial charge in [0, 0.05) is 18.5 Å². The highest BCUT2D eigenvalue weighted by Gasteiger charge is 2.32. The van der Waals surface area contributed by atoms with Crippen molar-refractivity contribution in [2.75, 3.05) is 13.1 Å². The highest BCUT2D eigenvalue weighted by Crippen LogP contribution is 2.33. The summed E-state index contributed by atoms with van der Waals surface area (Å²) in [5.74, 6) is -0.231. The number of carbonyl (C=O) groups is 2. The number of aliphatic hydroxyl groups excluding tert-OH is 2. The van der Waals surface area contributed by atoms with Crippen molar-refractivity contribution in [3.8, 4) is 0 Å². The second-order valence-corrected chi connectivity index (χ2v) is 9.12. The van der Waals surface area contributed by atoms with E-state index in [1.165, 1.54) is 0 Å². The van der Waals surface area contributed by atoms with Crippen molar-refractivity contribution in [2.24, 2.45) is 10.8 Å². The predicted molar refractivity (Wildman–Crippen MR) is 116 cm³/mol. The number of hydrogen-bond donors (Lipinski definition) is 4. The largest absolute Gasteiger partial charge is 0.393 e. The lowest BCUT2D eigenvalue weighted by molar-refractivity contribution is -0.130. The normalized spacial score (nSPS) is 13.8. The fourth-order valence-electron chi connectivity index (χ4n) is 3.20. The van der Waals surface area contributed by atoms with E-state index in [1.807, 2.05) is 34.6 Å². The highest BCUT2D eigenvalue weighted by molar-refractivity contribution is 5.81. The van der Waals surface area contributed by atoms with E-state index < -0.39 is 17.6 Å². The van der Waals surface area contributed by atoms with Gasteiger partial charge in [0.2, 0.25) is 11.8 Å². The molecular weight excluding hydrogens is 356 g/mol. The summed E-state index contributed by atoms with van der Waals surface area (Å²) in [6.07, 6.45) is 1.52. The summed E-state index contributed by atoms with van der Waals surface area (Å²) in [6, 6.07) is 0. The number of amides is 2. The maximum Gasteiger partial charge on any atom is 0.225 e. The van der Waals surface area contributed by atoms with Gasteiger partial charge in [-0.2, -0.15) is 0 Å². The first kappa shape index (κ1) is 29.1. The zero-order valence-electron chi connectivity index (χ0n) is 19.5. The zero-order valence-corrected chi connectivity index (χ0v) is 19.5. The third-order valence-corrected chi connectivity index (χ3v) is 4.17. The molecule has 0 aromatic rings. The number of hydrogen-bond acceptors (Lipinski definition) is 4. The van der Waals surface area contributed by atoms with Gasteiger partial charge in [0.25, 0.3) is 0 Å². The van der Waals surface area contributed by atoms with E-state index in [4.69, 9.17) is 0 Å². The number of carbonyl (C=O) groups excluding carboxylic acids is 2. The number of rotatable bonds is 12. The number of unbranched alkanes of at least 4 members (excludes halogenated alkanes) is 1. The minimum absolute atomic E-state index is 0.00819. The monoisotopic (exact) mass is 402 g/mol. The maximum absolute atomic E-state index is 12.3. The van der Waals surface area contributed by atoms with E-state index >= 15 is 0 Å². The minimum atomic E-state index is -0.875. The minimum Gasteiger partial charge on any atom is -0.393 e. The van der Waals surface area contributed by atoms with Crippen molar-refractivity contribution < 1.29 is 19.8 Å². The molecule has 0 aromatic heterocycles. The van der Waals surface area contributed by atoms with E-state index in [0.717, 1.165) is 19.3 Å². The molecule has 0 aliphatic rings. The summed E-state index contributed by atoms with van der Waals surface area (Å²) in [5, 5.41) is 25.5. The average Bonchev–Trinajstić information content (AvgIpc) is 2.54. The molecule has 2 unspecified atom stereocenters. The van der Waals surface area contributed by atoms with Crippen LogP contribution in [-0.4, -0.2) is 47.3 Å². The molecule has 6 heteroatoms. The van der Waals surface area contributed by atoms with Gasteiger partial charge in [0.1, 0.15) is 0 Å². The Morgan fingerprint density at radius 3 is 2.00 bits per heavy atom. The van der Waals surface area contributed by atoms with Gasteiger partial charge in [-0.05, 0) is 31.1 Å². The SMILES string of the molecule is CC.CCCCNC(=O)CC(O)CC(O)CCNC(=O)C(C)(C)CC(C)(C)C. The van der Waals surface area contributed by atoms with Crippen LogP contribution >= 0.6 is 0 Å². The Hall–Kier alpha value is -1.14. The van der Waals surface area contributed by atoms with Crippen LogP contribution in [0.2, 0.25) is 0 Å². The molecule has 168 valence electrons. The Bertz CT molecular complexity index is 431. The first-order valence-electron chi connectivity index (χ1n) is 10.8. The summed E-state index contributed by atoms with van der Waals surface area (Å²) >= 11 is 0. The summed E-state index contributed by atoms with van der Waals surface area (Å²) < 4.78 is 0. The van der Waals surface area contributed by atoms with E-state index in [2.05, 4.69) is 31.4 Å². The molecule has 0 rings (SSSR count). The third-order valence-electron chi connectivity index (χ3n) is 4.17. The standard InChI is InChI=1S/C20H40N2O4.C2H6/c1-7-8-10-21-17(25)13-16(24)12-15(23)9-11-22-18(26)20(5,6)14-19(2,3)4;1-2/h15-16,23-24H,7-14H2,1-6H3,(H,21,25)(H,22,26);1-2H3. The molecule has 0 aliphatic heterocycles. The number of nitrogens with one attached hydrogen (secondary N) is 2. The molecule has 4 N–H and O–H groups in total. The Morgan fingerprint density at radius 2 is 1.50 bits per heavy atom. The van der Waals surface area contributed by atoms with Gasteiger partial charge in [-0.1, -0.05) is 61.8 Å². The van der Waals surface area contributed by atoms with Crippen LogP contribution in [0.25, 0.3) is 0 Å². The van der Waals surface area contributed by atoms with E-state index in [1.54, 1.807) is 0 Å². The van der Waals surface area contributed by atoms with Gasteiger partial charge in [-0.15, -0.1) is 0 Å². The molecular formula is C22H46N2O4. The number of aliphatic hydroxyl groups is 2. The topological polar surface area (TPSA) is 98.7 Å². The van der Waals surface area contributed by atoms with Gasteiger partial charge in [0.05, 0.1) is 18.6 Å². The Kier molecular flexibility index (Phi) is 15.4. The second-order valence-electron chi connectivity index (χ2n) is 9.12. The highest BCUT2D eigenvalue weighted by atomic mass is 16.3. The lowest BCUT2D eigenvalue weighted by Crippen LogP contribution is -2.40. The molecule has 6 nitrogen and oxygen atoms in total. The second kappa shape index (κ2) is 14.8. The Labute approximate surface area is 172 Å². The first-order valence-corrected chi connectivity index (χ1v) is 10.8. The van der Waals surface area contributed by atoms with Crippen LogP contribution in [0.5, 0.6) is 0 Å². The average molecular weight is 403 g/mol. The molecule has 2 atom stereocenters. The van der Waals surface area contributed by atoms with Crippen molar-refractivity contribution in [3.63, 3.8) is 0 Å². The fraction of sp³-hybridized carbons (Fsp3) is 0.909. The van der Waals surface area contributed by atoms with Crippen molar-refractivity contribution in [1.29, 1.82) is 0 Å². The maximum atomic E-state index is 12.3. The van der Waals surface area contributed by atoms with Crippen LogP contribution in [0, 0.1) is 10.8 Å². The zero-order chi connectivity index (χ0) is 22.4. The van der Waals surface area contributed by atoms with Crippen molar-refractivity contribution in [3.05, 3.63) is 0 Å². The Morgan fingerprint density at radius 1 is 0.929 bits per heavy atom. The molecule has 0 spiro atoms. The van der Waals surface area contributed by atoms with Crippen LogP contribution < -0.4 is 10.6 Å². The van der Waals surface area contributed by atoms with Crippen LogP contribution in [0.15, 0.2) is 0 Å². The molecule has 0 saturated heterocycles. The van der Waals surface area contributed by atoms with Gasteiger partial charge in [-0.3, -0.25) is 9.59 Å². The van der Waals surface area contributed by atoms with Crippen molar-refractivity contribution >= 4 is 11.8 Å². The predicted octanol–water partition coefficient (Wildman–Crippen LogP) is 3.40. The summed E-state index contributed by atoms with van der Waals surface area (Å²) in [7, 11) is 0. The van der Waals surface area contributed by atoms with E-state index in [-0.39, 0.29) is 30.1 Å². The van der Waals surface area contributed by atoms with Gasteiger partial charge < -0.3 is 20.8 Å². The van der Waals surface area contributed by atoms with Crippen LogP contribution in [0.3, 0.4) is 0 Å². The molecule has 0 heterocycles. The molecule has 0 saturated carbocycles. The van der Waals surface area contributed by atoms with Crippen LogP contribution in [-0.2, 0) is 9.59 Å². The molecule has 0 radical (unpaired) electrons. The van der Waals surface area contributed by atoms with E-state index in [0.29, 0.717) is 19.5 Å². The van der Waals surface area contributed by atoms with Gasteiger partial charge in [-0.25, -0.2) is 0 Å². The third kappa shape index (κ3) is 15.9. The van der Waals surface area contributed by atoms with Gasteiger partial charge >= 0.3 is 0 Å². The van der Waals surface area contributed by atoms with Crippen molar-refractivity contribution in [2.45, 2.75) is 106 Å². The lowest BCUT2D eigenvalue weighted by atomic mass is 9.76. The van der Waals surface area contributed by atoms with Crippen LogP contribution in [0.4, 0.5) is 0 Å². The van der Waals surface area contributed by atoms with E-state index in [9.17, 15) is 19.8 Å². The first-order chi connectivity index (χ1) is 12.9. The molecule has 0 bridgehead atoms. The summed E-state index contributed by atoms with van der Waals surface area (Å²) in [6.45, 7) is 17.2. The lowest BCUT2D eigenvalue weighted by Gasteiger charge is -2.31. The fourth-order valence-corrected chi connectivity index (χ4v) is 3.20. The molecule has 2 amide bonds. The van der Waals surface area contributed by atoms with Crippen LogP contribution in [0.1, 0.15) is 93.9 Å². The molecule has 28 heavy (non-hydrogen) atoms. The quantitative estimate of drug-likeness (QED) is 0.376. The molecule has 0 aromatic carbocycles. The molecule has 0 aliphatic carbocycles. The Balaban J connectivity index is 0.